The molecule has 0 aromatic carbocycles. The monoisotopic (exact) mass is 214 g/mol. The van der Waals surface area contributed by atoms with E-state index in [4.69, 9.17) is 0 Å². The van der Waals surface area contributed by atoms with Crippen molar-refractivity contribution in [3.8, 4) is 0 Å². The maximum atomic E-state index is 12.0. The molecule has 13 heavy (non-hydrogen) atoms. The smallest absolute Gasteiger partial charge is 0.237 e. The first-order valence-electron chi connectivity index (χ1n) is 2.98. The van der Waals surface area contributed by atoms with Crippen molar-refractivity contribution in [1.29, 1.82) is 0 Å². The second-order valence-electron chi connectivity index (χ2n) is 2.62. The minimum atomic E-state index is -5.99. The van der Waals surface area contributed by atoms with Gasteiger partial charge in [0.15, 0.2) is 0 Å². The van der Waals surface area contributed by atoms with E-state index in [1.807, 2.05) is 0 Å². The van der Waals surface area contributed by atoms with E-state index in [2.05, 4.69) is 0 Å². The van der Waals surface area contributed by atoms with Crippen LogP contribution in [-0.4, -0.2) is 30.1 Å². The summed E-state index contributed by atoms with van der Waals surface area (Å²) in [6.07, 6.45) is -8.37. The first-order valence-corrected chi connectivity index (χ1v) is 2.98. The van der Waals surface area contributed by atoms with E-state index in [1.54, 1.807) is 0 Å². The third-order valence-corrected chi connectivity index (χ3v) is 1.79. The molecule has 1 aliphatic rings. The predicted octanol–water partition coefficient (Wildman–Crippen LogP) is 2.58. The molecule has 0 saturated heterocycles. The summed E-state index contributed by atoms with van der Waals surface area (Å²) in [5, 5.41) is 0. The molecule has 1 saturated carbocycles. The fourth-order valence-corrected chi connectivity index (χ4v) is 0.936. The van der Waals surface area contributed by atoms with Crippen LogP contribution in [0.4, 0.5) is 35.1 Å². The Kier molecular flexibility index (Phi) is 1.84. The summed E-state index contributed by atoms with van der Waals surface area (Å²) >= 11 is 0. The summed E-state index contributed by atoms with van der Waals surface area (Å²) < 4.78 is 96.1. The summed E-state index contributed by atoms with van der Waals surface area (Å²) in [6.45, 7) is 0. The second-order valence-corrected chi connectivity index (χ2v) is 2.62. The predicted molar refractivity (Wildman–Crippen MR) is 24.6 cm³/mol. The van der Waals surface area contributed by atoms with Gasteiger partial charge in [0, 0.05) is 0 Å². The molecule has 2 atom stereocenters. The minimum Gasteiger partial charge on any atom is -0.237 e. The standard InChI is InChI=1S/C5H2F8/c6-1-2(7)4(10,11)5(12,13)3(1,8)9/h1-2H/t1-,2+. The van der Waals surface area contributed by atoms with Crippen LogP contribution >= 0.6 is 0 Å². The van der Waals surface area contributed by atoms with E-state index in [-0.39, 0.29) is 0 Å². The van der Waals surface area contributed by atoms with Gasteiger partial charge in [-0.3, -0.25) is 0 Å². The summed E-state index contributed by atoms with van der Waals surface area (Å²) in [7, 11) is 0. The second kappa shape index (κ2) is 2.27. The van der Waals surface area contributed by atoms with Gasteiger partial charge in [0.25, 0.3) is 0 Å². The molecule has 0 aromatic rings. The van der Waals surface area contributed by atoms with Gasteiger partial charge in [0.2, 0.25) is 12.3 Å². The van der Waals surface area contributed by atoms with Crippen molar-refractivity contribution >= 4 is 0 Å². The van der Waals surface area contributed by atoms with Crippen LogP contribution in [-0.2, 0) is 0 Å². The Hall–Kier alpha value is -0.560. The molecule has 0 bridgehead atoms. The molecule has 0 aromatic heterocycles. The lowest BCUT2D eigenvalue weighted by atomic mass is 10.2. The molecule has 0 radical (unpaired) electrons. The molecule has 8 heteroatoms. The molecular weight excluding hydrogens is 212 g/mol. The topological polar surface area (TPSA) is 0 Å². The maximum Gasteiger partial charge on any atom is 0.378 e. The Morgan fingerprint density at radius 3 is 0.923 bits per heavy atom. The van der Waals surface area contributed by atoms with E-state index in [1.165, 1.54) is 0 Å². The van der Waals surface area contributed by atoms with Crippen molar-refractivity contribution in [2.24, 2.45) is 0 Å². The van der Waals surface area contributed by atoms with Crippen LogP contribution < -0.4 is 0 Å². The SMILES string of the molecule is F[C@@H]1[C@H](F)C(F)(F)C(F)(F)C1(F)F. The van der Waals surface area contributed by atoms with Crippen molar-refractivity contribution < 1.29 is 35.1 Å². The largest absolute Gasteiger partial charge is 0.378 e. The Labute approximate surface area is 66.5 Å². The molecule has 0 spiro atoms. The number of rotatable bonds is 0. The van der Waals surface area contributed by atoms with E-state index in [0.717, 1.165) is 0 Å². The lowest BCUT2D eigenvalue weighted by Gasteiger charge is -2.22. The number of hydrogen-bond donors (Lipinski definition) is 0. The summed E-state index contributed by atoms with van der Waals surface area (Å²) in [4.78, 5) is 0. The lowest BCUT2D eigenvalue weighted by Crippen LogP contribution is -2.49. The quantitative estimate of drug-likeness (QED) is 0.543. The van der Waals surface area contributed by atoms with Crippen LogP contribution in [0, 0.1) is 0 Å². The third kappa shape index (κ3) is 0.912. The fourth-order valence-electron chi connectivity index (χ4n) is 0.936. The molecule has 1 rings (SSSR count). The van der Waals surface area contributed by atoms with Gasteiger partial charge in [-0.1, -0.05) is 0 Å². The van der Waals surface area contributed by atoms with E-state index in [9.17, 15) is 35.1 Å². The molecule has 0 heterocycles. The van der Waals surface area contributed by atoms with Crippen molar-refractivity contribution in [3.05, 3.63) is 0 Å². The summed E-state index contributed by atoms with van der Waals surface area (Å²) in [5.41, 5.74) is 0. The highest BCUT2D eigenvalue weighted by Gasteiger charge is 2.86. The molecule has 0 nitrogen and oxygen atoms in total. The average Bonchev–Trinajstić information content (AvgIpc) is 2.05. The third-order valence-electron chi connectivity index (χ3n) is 1.79. The number of hydrogen-bond acceptors (Lipinski definition) is 0. The number of halogens is 8. The maximum absolute atomic E-state index is 12.0. The Morgan fingerprint density at radius 2 is 0.846 bits per heavy atom. The van der Waals surface area contributed by atoms with Crippen LogP contribution in [0.25, 0.3) is 0 Å². The van der Waals surface area contributed by atoms with Gasteiger partial charge in [-0.25, -0.2) is 8.78 Å². The first-order chi connectivity index (χ1) is 5.57. The zero-order chi connectivity index (χ0) is 10.7. The van der Waals surface area contributed by atoms with Crippen molar-refractivity contribution in [2.45, 2.75) is 30.1 Å². The molecular formula is C5H2F8. The van der Waals surface area contributed by atoms with Gasteiger partial charge in [-0.05, 0) is 0 Å². The Bertz CT molecular complexity index is 199. The van der Waals surface area contributed by atoms with E-state index in [0.29, 0.717) is 0 Å². The Morgan fingerprint density at radius 1 is 0.615 bits per heavy atom. The van der Waals surface area contributed by atoms with Gasteiger partial charge in [0.05, 0.1) is 0 Å². The van der Waals surface area contributed by atoms with E-state index >= 15 is 0 Å². The van der Waals surface area contributed by atoms with Crippen LogP contribution in [0.3, 0.4) is 0 Å². The summed E-state index contributed by atoms with van der Waals surface area (Å²) in [5.74, 6) is -17.3. The van der Waals surface area contributed by atoms with Crippen LogP contribution in [0.1, 0.15) is 0 Å². The molecule has 0 aliphatic heterocycles. The molecule has 1 aliphatic carbocycles. The van der Waals surface area contributed by atoms with Gasteiger partial charge in [-0.15, -0.1) is 0 Å². The summed E-state index contributed by atoms with van der Waals surface area (Å²) in [6, 6.07) is 0. The van der Waals surface area contributed by atoms with Crippen molar-refractivity contribution in [1.82, 2.24) is 0 Å². The zero-order valence-electron chi connectivity index (χ0n) is 5.68. The van der Waals surface area contributed by atoms with Gasteiger partial charge < -0.3 is 0 Å². The van der Waals surface area contributed by atoms with E-state index < -0.39 is 30.1 Å². The lowest BCUT2D eigenvalue weighted by molar-refractivity contribution is -0.281. The highest BCUT2D eigenvalue weighted by molar-refractivity contribution is 5.14. The average molecular weight is 214 g/mol. The first kappa shape index (κ1) is 10.5. The molecule has 78 valence electrons. The van der Waals surface area contributed by atoms with Crippen molar-refractivity contribution in [2.75, 3.05) is 0 Å². The van der Waals surface area contributed by atoms with Gasteiger partial charge in [0.1, 0.15) is 0 Å². The molecule has 1 fully saturated rings. The minimum absolute atomic E-state index is 4.18. The highest BCUT2D eigenvalue weighted by Crippen LogP contribution is 2.58. The van der Waals surface area contributed by atoms with Crippen molar-refractivity contribution in [3.63, 3.8) is 0 Å². The van der Waals surface area contributed by atoms with Crippen LogP contribution in [0.2, 0.25) is 0 Å². The fraction of sp³-hybridized carbons (Fsp3) is 1.00. The van der Waals surface area contributed by atoms with Crippen LogP contribution in [0.15, 0.2) is 0 Å². The van der Waals surface area contributed by atoms with Crippen LogP contribution in [0.5, 0.6) is 0 Å². The zero-order valence-corrected chi connectivity index (χ0v) is 5.68. The van der Waals surface area contributed by atoms with Gasteiger partial charge >= 0.3 is 17.8 Å². The highest BCUT2D eigenvalue weighted by atomic mass is 19.4. The molecule has 0 N–H and O–H groups in total. The Balaban J connectivity index is 3.23. The van der Waals surface area contributed by atoms with Gasteiger partial charge in [-0.2, -0.15) is 26.3 Å². The number of alkyl halides is 8. The molecule has 0 amide bonds. The molecule has 0 unspecified atom stereocenters. The normalized spacial score (nSPS) is 40.6.